The summed E-state index contributed by atoms with van der Waals surface area (Å²) in [5.74, 6) is 0.227. The summed E-state index contributed by atoms with van der Waals surface area (Å²) < 4.78 is 3.09. The number of hydrogen-bond donors (Lipinski definition) is 1. The average Bonchev–Trinajstić information content (AvgIpc) is 2.88. The van der Waals surface area contributed by atoms with Crippen LogP contribution in [-0.2, 0) is 4.79 Å². The fraction of sp³-hybridized carbons (Fsp3) is 0.667. The molecule has 5 heteroatoms. The highest BCUT2D eigenvalue weighted by Crippen LogP contribution is 2.44. The third kappa shape index (κ3) is 2.12. The molecule has 3 rings (SSSR count). The van der Waals surface area contributed by atoms with Crippen LogP contribution in [0.4, 0.5) is 0 Å². The van der Waals surface area contributed by atoms with Crippen LogP contribution in [-0.4, -0.2) is 22.2 Å². The predicted octanol–water partition coefficient (Wildman–Crippen LogP) is 2.27. The molecule has 0 bridgehead atoms. The number of nitrogens with one attached hydrogen (secondary N) is 1. The van der Waals surface area contributed by atoms with Crippen LogP contribution in [0.25, 0.3) is 0 Å². The molecule has 17 heavy (non-hydrogen) atoms. The molecule has 1 saturated carbocycles. The van der Waals surface area contributed by atoms with Gasteiger partial charge in [0.15, 0.2) is 0 Å². The van der Waals surface area contributed by atoms with Crippen molar-refractivity contribution in [2.24, 2.45) is 5.41 Å². The summed E-state index contributed by atoms with van der Waals surface area (Å²) in [4.78, 5) is 11.3. The van der Waals surface area contributed by atoms with Gasteiger partial charge in [-0.05, 0) is 47.0 Å². The Hall–Kier alpha value is -0.840. The van der Waals surface area contributed by atoms with Crippen molar-refractivity contribution in [3.63, 3.8) is 0 Å². The summed E-state index contributed by atoms with van der Waals surface area (Å²) in [5.41, 5.74) is 0.248. The Balaban J connectivity index is 1.66. The van der Waals surface area contributed by atoms with E-state index in [1.54, 1.807) is 0 Å². The van der Waals surface area contributed by atoms with Crippen molar-refractivity contribution in [3.05, 3.63) is 16.9 Å². The summed E-state index contributed by atoms with van der Waals surface area (Å²) >= 11 is 3.43. The normalized spacial score (nSPS) is 33.0. The second-order valence-electron chi connectivity index (χ2n) is 5.32. The van der Waals surface area contributed by atoms with Gasteiger partial charge in [0, 0.05) is 19.2 Å². The third-order valence-corrected chi connectivity index (χ3v) is 4.57. The molecule has 1 saturated heterocycles. The molecule has 1 aromatic rings. The van der Waals surface area contributed by atoms with Crippen LogP contribution in [0.15, 0.2) is 16.9 Å². The van der Waals surface area contributed by atoms with Crippen LogP contribution in [0.5, 0.6) is 0 Å². The van der Waals surface area contributed by atoms with E-state index in [1.165, 1.54) is 0 Å². The van der Waals surface area contributed by atoms with Gasteiger partial charge in [-0.3, -0.25) is 9.48 Å². The summed E-state index contributed by atoms with van der Waals surface area (Å²) in [5, 5.41) is 7.33. The second-order valence-corrected chi connectivity index (χ2v) is 6.24. The van der Waals surface area contributed by atoms with E-state index >= 15 is 0 Å². The molecule has 0 aromatic carbocycles. The van der Waals surface area contributed by atoms with Crippen LogP contribution >= 0.6 is 15.9 Å². The predicted molar refractivity (Wildman–Crippen MR) is 67.5 cm³/mol. The minimum absolute atomic E-state index is 0.227. The molecule has 1 spiro atoms. The van der Waals surface area contributed by atoms with Gasteiger partial charge in [-0.2, -0.15) is 5.10 Å². The van der Waals surface area contributed by atoms with Crippen molar-refractivity contribution in [1.29, 1.82) is 0 Å². The number of aromatic nitrogens is 2. The fourth-order valence-electron chi connectivity index (χ4n) is 3.10. The molecule has 0 radical (unpaired) electrons. The molecular formula is C12H16BrN3O. The van der Waals surface area contributed by atoms with E-state index < -0.39 is 0 Å². The van der Waals surface area contributed by atoms with Gasteiger partial charge < -0.3 is 5.32 Å². The SMILES string of the molecule is O=C1CC2(CCC(n3cc(Br)cn3)CC2)CN1. The van der Waals surface area contributed by atoms with E-state index in [4.69, 9.17) is 0 Å². The van der Waals surface area contributed by atoms with Gasteiger partial charge in [0.1, 0.15) is 0 Å². The Kier molecular flexibility index (Phi) is 2.73. The molecule has 2 heterocycles. The van der Waals surface area contributed by atoms with Crippen LogP contribution < -0.4 is 5.32 Å². The lowest BCUT2D eigenvalue weighted by molar-refractivity contribution is -0.119. The molecule has 0 atom stereocenters. The Morgan fingerprint density at radius 3 is 2.76 bits per heavy atom. The first-order chi connectivity index (χ1) is 8.17. The highest BCUT2D eigenvalue weighted by atomic mass is 79.9. The molecule has 1 aliphatic heterocycles. The zero-order valence-corrected chi connectivity index (χ0v) is 11.2. The maximum atomic E-state index is 11.3. The van der Waals surface area contributed by atoms with Gasteiger partial charge >= 0.3 is 0 Å². The first kappa shape index (κ1) is 11.3. The number of carbonyl (C=O) groups is 1. The smallest absolute Gasteiger partial charge is 0.220 e. The third-order valence-electron chi connectivity index (χ3n) is 4.16. The van der Waals surface area contributed by atoms with E-state index in [0.29, 0.717) is 6.04 Å². The van der Waals surface area contributed by atoms with E-state index in [1.807, 2.05) is 12.4 Å². The monoisotopic (exact) mass is 297 g/mol. The van der Waals surface area contributed by atoms with Crippen molar-refractivity contribution in [2.45, 2.75) is 38.1 Å². The molecule has 1 amide bonds. The molecule has 1 aromatic heterocycles. The van der Waals surface area contributed by atoms with Gasteiger partial charge in [-0.15, -0.1) is 0 Å². The molecule has 1 N–H and O–H groups in total. The standard InChI is InChI=1S/C12H16BrN3O/c13-9-6-15-16(7-9)10-1-3-12(4-2-10)5-11(17)14-8-12/h6-7,10H,1-5,8H2,(H,14,17). The lowest BCUT2D eigenvalue weighted by atomic mass is 9.72. The number of rotatable bonds is 1. The maximum Gasteiger partial charge on any atom is 0.220 e. The lowest BCUT2D eigenvalue weighted by Gasteiger charge is -2.35. The topological polar surface area (TPSA) is 46.9 Å². The van der Waals surface area contributed by atoms with Crippen molar-refractivity contribution in [2.75, 3.05) is 6.54 Å². The molecule has 2 aliphatic rings. The van der Waals surface area contributed by atoms with Gasteiger partial charge in [-0.25, -0.2) is 0 Å². The van der Waals surface area contributed by atoms with Crippen LogP contribution in [0, 0.1) is 5.41 Å². The van der Waals surface area contributed by atoms with E-state index in [-0.39, 0.29) is 11.3 Å². The highest BCUT2D eigenvalue weighted by molar-refractivity contribution is 9.10. The summed E-state index contributed by atoms with van der Waals surface area (Å²) in [7, 11) is 0. The Bertz CT molecular complexity index is 435. The van der Waals surface area contributed by atoms with Crippen LogP contribution in [0.1, 0.15) is 38.1 Å². The summed E-state index contributed by atoms with van der Waals surface area (Å²) in [6, 6.07) is 0.502. The zero-order valence-electron chi connectivity index (χ0n) is 9.66. The second kappa shape index (κ2) is 4.12. The molecule has 0 unspecified atom stereocenters. The Morgan fingerprint density at radius 1 is 1.47 bits per heavy atom. The van der Waals surface area contributed by atoms with Crippen molar-refractivity contribution >= 4 is 21.8 Å². The first-order valence-electron chi connectivity index (χ1n) is 6.13. The van der Waals surface area contributed by atoms with E-state index in [0.717, 1.165) is 43.1 Å². The zero-order chi connectivity index (χ0) is 11.9. The fourth-order valence-corrected chi connectivity index (χ4v) is 3.40. The largest absolute Gasteiger partial charge is 0.356 e. The van der Waals surface area contributed by atoms with Gasteiger partial charge in [0.2, 0.25) is 5.91 Å². The van der Waals surface area contributed by atoms with Crippen molar-refractivity contribution in [3.8, 4) is 0 Å². The Morgan fingerprint density at radius 2 is 2.24 bits per heavy atom. The average molecular weight is 298 g/mol. The van der Waals surface area contributed by atoms with Crippen molar-refractivity contribution < 1.29 is 4.79 Å². The minimum atomic E-state index is 0.227. The number of halogens is 1. The Labute approximate surface area is 109 Å². The lowest BCUT2D eigenvalue weighted by Crippen LogP contribution is -2.30. The van der Waals surface area contributed by atoms with E-state index in [9.17, 15) is 4.79 Å². The molecule has 92 valence electrons. The van der Waals surface area contributed by atoms with E-state index in [2.05, 4.69) is 31.0 Å². The van der Waals surface area contributed by atoms with Crippen LogP contribution in [0.2, 0.25) is 0 Å². The van der Waals surface area contributed by atoms with Gasteiger partial charge in [0.05, 0.1) is 16.7 Å². The maximum absolute atomic E-state index is 11.3. The molecular weight excluding hydrogens is 282 g/mol. The first-order valence-corrected chi connectivity index (χ1v) is 6.93. The minimum Gasteiger partial charge on any atom is -0.356 e. The number of nitrogens with zero attached hydrogens (tertiary/aromatic N) is 2. The molecule has 2 fully saturated rings. The number of hydrogen-bond acceptors (Lipinski definition) is 2. The quantitative estimate of drug-likeness (QED) is 0.864. The molecule has 1 aliphatic carbocycles. The van der Waals surface area contributed by atoms with Gasteiger partial charge in [0.25, 0.3) is 0 Å². The molecule has 4 nitrogen and oxygen atoms in total. The van der Waals surface area contributed by atoms with Crippen LogP contribution in [0.3, 0.4) is 0 Å². The van der Waals surface area contributed by atoms with Crippen molar-refractivity contribution in [1.82, 2.24) is 15.1 Å². The highest BCUT2D eigenvalue weighted by Gasteiger charge is 2.41. The van der Waals surface area contributed by atoms with Gasteiger partial charge in [-0.1, -0.05) is 0 Å². The summed E-state index contributed by atoms with van der Waals surface area (Å²) in [6.45, 7) is 0.876. The summed E-state index contributed by atoms with van der Waals surface area (Å²) in [6.07, 6.45) is 9.13. The number of amides is 1. The number of carbonyl (C=O) groups excluding carboxylic acids is 1.